The van der Waals surface area contributed by atoms with Gasteiger partial charge >= 0.3 is 0 Å². The fourth-order valence-corrected chi connectivity index (χ4v) is 2.60. The number of hydrogen-bond acceptors (Lipinski definition) is 2. The van der Waals surface area contributed by atoms with Gasteiger partial charge in [-0.05, 0) is 40.5 Å². The maximum atomic E-state index is 11.6. The molecule has 2 rings (SSSR count). The van der Waals surface area contributed by atoms with Gasteiger partial charge in [-0.1, -0.05) is 0 Å². The molecule has 0 aromatic carbocycles. The molecule has 0 atom stereocenters. The van der Waals surface area contributed by atoms with Gasteiger partial charge in [0.15, 0.2) is 11.6 Å². The molecule has 0 amide bonds. The predicted octanol–water partition coefficient (Wildman–Crippen LogP) is 2.85. The minimum atomic E-state index is -0.00907. The molecule has 1 saturated carbocycles. The lowest BCUT2D eigenvalue weighted by Gasteiger charge is -2.06. The smallest absolute Gasteiger partial charge is 0.162 e. The Kier molecular flexibility index (Phi) is 2.49. The van der Waals surface area contributed by atoms with Crippen LogP contribution in [0.2, 0.25) is 0 Å². The Labute approximate surface area is 95.5 Å². The minimum absolute atomic E-state index is 0.00907. The fraction of sp³-hybridized carbons (Fsp3) is 0.538. The number of ketones is 2. The second kappa shape index (κ2) is 3.58. The molecule has 1 aromatic rings. The zero-order chi connectivity index (χ0) is 12.0. The molecule has 0 radical (unpaired) electrons. The lowest BCUT2D eigenvalue weighted by atomic mass is 10.0. The van der Waals surface area contributed by atoms with Crippen LogP contribution in [0, 0.1) is 13.8 Å². The van der Waals surface area contributed by atoms with Crippen LogP contribution >= 0.6 is 0 Å². The highest BCUT2D eigenvalue weighted by molar-refractivity contribution is 6.09. The summed E-state index contributed by atoms with van der Waals surface area (Å²) in [7, 11) is 0. The van der Waals surface area contributed by atoms with E-state index in [0.717, 1.165) is 24.2 Å². The van der Waals surface area contributed by atoms with Gasteiger partial charge in [0.2, 0.25) is 0 Å². The SMILES string of the molecule is CC(=O)c1c(C(C)=O)c(C)n(C2CC2)c1C. The predicted molar refractivity (Wildman–Crippen MR) is 62.2 cm³/mol. The van der Waals surface area contributed by atoms with E-state index in [1.54, 1.807) is 0 Å². The van der Waals surface area contributed by atoms with Crippen LogP contribution in [0.3, 0.4) is 0 Å². The zero-order valence-corrected chi connectivity index (χ0v) is 10.3. The maximum absolute atomic E-state index is 11.6. The topological polar surface area (TPSA) is 39.1 Å². The molecule has 1 aliphatic carbocycles. The number of hydrogen-bond donors (Lipinski definition) is 0. The van der Waals surface area contributed by atoms with E-state index in [1.165, 1.54) is 13.8 Å². The lowest BCUT2D eigenvalue weighted by molar-refractivity contribution is 0.0981. The number of Topliss-reactive ketones (excluding diaryl/α,β-unsaturated/α-hetero) is 2. The van der Waals surface area contributed by atoms with Gasteiger partial charge in [-0.15, -0.1) is 0 Å². The molecule has 0 N–H and O–H groups in total. The Morgan fingerprint density at radius 2 is 1.38 bits per heavy atom. The first-order chi connectivity index (χ1) is 7.45. The highest BCUT2D eigenvalue weighted by Crippen LogP contribution is 2.40. The Hall–Kier alpha value is -1.38. The van der Waals surface area contributed by atoms with Crippen molar-refractivity contribution in [1.29, 1.82) is 0 Å². The van der Waals surface area contributed by atoms with E-state index in [-0.39, 0.29) is 11.6 Å². The summed E-state index contributed by atoms with van der Waals surface area (Å²) in [6, 6.07) is 0.506. The molecule has 1 aromatic heterocycles. The first-order valence-corrected chi connectivity index (χ1v) is 5.68. The Morgan fingerprint density at radius 1 is 1.00 bits per heavy atom. The van der Waals surface area contributed by atoms with Gasteiger partial charge in [0.1, 0.15) is 0 Å². The molecule has 86 valence electrons. The highest BCUT2D eigenvalue weighted by Gasteiger charge is 2.31. The van der Waals surface area contributed by atoms with Crippen LogP contribution in [0.25, 0.3) is 0 Å². The third-order valence-corrected chi connectivity index (χ3v) is 3.31. The number of carbonyl (C=O) groups is 2. The van der Waals surface area contributed by atoms with Crippen molar-refractivity contribution in [2.45, 2.75) is 46.6 Å². The summed E-state index contributed by atoms with van der Waals surface area (Å²) in [4.78, 5) is 23.3. The molecule has 0 unspecified atom stereocenters. The van der Waals surface area contributed by atoms with Crippen LogP contribution in [-0.4, -0.2) is 16.1 Å². The summed E-state index contributed by atoms with van der Waals surface area (Å²) < 4.78 is 2.16. The summed E-state index contributed by atoms with van der Waals surface area (Å²) in [6.07, 6.45) is 2.32. The van der Waals surface area contributed by atoms with Crippen LogP contribution in [0.5, 0.6) is 0 Å². The molecular formula is C13H17NO2. The van der Waals surface area contributed by atoms with Crippen molar-refractivity contribution in [3.05, 3.63) is 22.5 Å². The van der Waals surface area contributed by atoms with Gasteiger partial charge in [0.25, 0.3) is 0 Å². The highest BCUT2D eigenvalue weighted by atomic mass is 16.1. The second-order valence-electron chi connectivity index (χ2n) is 4.63. The number of nitrogens with zero attached hydrogens (tertiary/aromatic N) is 1. The van der Waals surface area contributed by atoms with Crippen molar-refractivity contribution < 1.29 is 9.59 Å². The van der Waals surface area contributed by atoms with E-state index in [9.17, 15) is 9.59 Å². The first kappa shape index (κ1) is 11.1. The molecule has 0 saturated heterocycles. The summed E-state index contributed by atoms with van der Waals surface area (Å²) in [5.41, 5.74) is 3.16. The van der Waals surface area contributed by atoms with Crippen molar-refractivity contribution in [2.24, 2.45) is 0 Å². The molecule has 0 aliphatic heterocycles. The second-order valence-corrected chi connectivity index (χ2v) is 4.63. The van der Waals surface area contributed by atoms with Crippen LogP contribution in [-0.2, 0) is 0 Å². The maximum Gasteiger partial charge on any atom is 0.162 e. The summed E-state index contributed by atoms with van der Waals surface area (Å²) in [5.74, 6) is -0.0181. The van der Waals surface area contributed by atoms with E-state index in [4.69, 9.17) is 0 Å². The summed E-state index contributed by atoms with van der Waals surface area (Å²) in [5, 5.41) is 0. The average Bonchev–Trinajstić information content (AvgIpc) is 2.92. The van der Waals surface area contributed by atoms with Gasteiger partial charge < -0.3 is 4.57 Å². The lowest BCUT2D eigenvalue weighted by Crippen LogP contribution is -2.02. The van der Waals surface area contributed by atoms with E-state index in [2.05, 4.69) is 4.57 Å². The van der Waals surface area contributed by atoms with Gasteiger partial charge in [0, 0.05) is 28.6 Å². The van der Waals surface area contributed by atoms with Crippen molar-refractivity contribution >= 4 is 11.6 Å². The third kappa shape index (κ3) is 1.51. The molecule has 3 nitrogen and oxygen atoms in total. The van der Waals surface area contributed by atoms with E-state index in [0.29, 0.717) is 17.2 Å². The molecule has 1 aliphatic rings. The molecular weight excluding hydrogens is 202 g/mol. The quantitative estimate of drug-likeness (QED) is 0.733. The Balaban J connectivity index is 2.70. The zero-order valence-electron chi connectivity index (χ0n) is 10.3. The number of rotatable bonds is 3. The van der Waals surface area contributed by atoms with Gasteiger partial charge in [-0.2, -0.15) is 0 Å². The van der Waals surface area contributed by atoms with Crippen molar-refractivity contribution in [3.63, 3.8) is 0 Å². The van der Waals surface area contributed by atoms with Crippen LogP contribution in [0.15, 0.2) is 0 Å². The van der Waals surface area contributed by atoms with E-state index >= 15 is 0 Å². The van der Waals surface area contributed by atoms with Crippen LogP contribution in [0.1, 0.15) is 64.8 Å². The fourth-order valence-electron chi connectivity index (χ4n) is 2.60. The molecule has 0 bridgehead atoms. The summed E-state index contributed by atoms with van der Waals surface area (Å²) >= 11 is 0. The normalized spacial score (nSPS) is 15.2. The summed E-state index contributed by atoms with van der Waals surface area (Å²) in [6.45, 7) is 6.94. The first-order valence-electron chi connectivity index (χ1n) is 5.68. The number of carbonyl (C=O) groups excluding carboxylic acids is 2. The number of aromatic nitrogens is 1. The van der Waals surface area contributed by atoms with E-state index in [1.807, 2.05) is 13.8 Å². The Morgan fingerprint density at radius 3 is 1.62 bits per heavy atom. The van der Waals surface area contributed by atoms with E-state index < -0.39 is 0 Å². The Bertz CT molecular complexity index is 441. The monoisotopic (exact) mass is 219 g/mol. The molecule has 1 heterocycles. The van der Waals surface area contributed by atoms with Crippen molar-refractivity contribution in [2.75, 3.05) is 0 Å². The van der Waals surface area contributed by atoms with Crippen LogP contribution < -0.4 is 0 Å². The standard InChI is InChI=1S/C13H17NO2/c1-7-12(9(3)15)13(10(4)16)8(2)14(7)11-5-6-11/h11H,5-6H2,1-4H3. The molecule has 1 fully saturated rings. The van der Waals surface area contributed by atoms with Crippen molar-refractivity contribution in [1.82, 2.24) is 4.57 Å². The minimum Gasteiger partial charge on any atom is -0.345 e. The van der Waals surface area contributed by atoms with Crippen LogP contribution in [0.4, 0.5) is 0 Å². The largest absolute Gasteiger partial charge is 0.345 e. The molecule has 0 spiro atoms. The average molecular weight is 219 g/mol. The molecule has 3 heteroatoms. The third-order valence-electron chi connectivity index (χ3n) is 3.31. The van der Waals surface area contributed by atoms with Gasteiger partial charge in [-0.25, -0.2) is 0 Å². The van der Waals surface area contributed by atoms with Gasteiger partial charge in [0.05, 0.1) is 0 Å². The molecule has 16 heavy (non-hydrogen) atoms. The van der Waals surface area contributed by atoms with Crippen molar-refractivity contribution in [3.8, 4) is 0 Å². The van der Waals surface area contributed by atoms with Gasteiger partial charge in [-0.3, -0.25) is 9.59 Å².